The van der Waals surface area contributed by atoms with E-state index in [1.165, 1.54) is 0 Å². The van der Waals surface area contributed by atoms with Gasteiger partial charge in [0.2, 0.25) is 5.91 Å². The van der Waals surface area contributed by atoms with Gasteiger partial charge in [-0.15, -0.1) is 0 Å². The number of hydrogen-bond donors (Lipinski definition) is 0. The van der Waals surface area contributed by atoms with Gasteiger partial charge in [-0.2, -0.15) is 11.8 Å². The van der Waals surface area contributed by atoms with Crippen molar-refractivity contribution < 1.29 is 14.3 Å². The zero-order valence-electron chi connectivity index (χ0n) is 17.3. The zero-order chi connectivity index (χ0) is 20.2. The standard InChI is InChI=1S/C23H32N2O3S/c1-17-6-8-18(9-7-17)22(26)24-11-2-4-19(14-24)23(27)25(20-10-13-29-16-20)15-21-5-3-12-28-21/h6-9,19-21H,2-5,10-16H2,1H3. The van der Waals surface area contributed by atoms with Crippen molar-refractivity contribution in [1.82, 2.24) is 9.80 Å². The maximum Gasteiger partial charge on any atom is 0.253 e. The highest BCUT2D eigenvalue weighted by molar-refractivity contribution is 7.99. The largest absolute Gasteiger partial charge is 0.376 e. The number of thioether (sulfide) groups is 1. The summed E-state index contributed by atoms with van der Waals surface area (Å²) in [5, 5.41) is 0. The molecular formula is C23H32N2O3S. The Hall–Kier alpha value is -1.53. The molecule has 2 amide bonds. The van der Waals surface area contributed by atoms with E-state index in [-0.39, 0.29) is 23.8 Å². The van der Waals surface area contributed by atoms with Gasteiger partial charge in [-0.05, 0) is 56.9 Å². The van der Waals surface area contributed by atoms with E-state index < -0.39 is 0 Å². The molecule has 0 spiro atoms. The average Bonchev–Trinajstić information content (AvgIpc) is 3.46. The summed E-state index contributed by atoms with van der Waals surface area (Å²) in [6.07, 6.45) is 5.15. The molecule has 3 atom stereocenters. The Balaban J connectivity index is 1.44. The van der Waals surface area contributed by atoms with Gasteiger partial charge >= 0.3 is 0 Å². The molecule has 0 N–H and O–H groups in total. The van der Waals surface area contributed by atoms with Gasteiger partial charge in [0.25, 0.3) is 5.91 Å². The zero-order valence-corrected chi connectivity index (χ0v) is 18.2. The molecule has 3 heterocycles. The Morgan fingerprint density at radius 3 is 2.69 bits per heavy atom. The van der Waals surface area contributed by atoms with Crippen LogP contribution in [0.4, 0.5) is 0 Å². The fourth-order valence-electron chi connectivity index (χ4n) is 4.67. The first kappa shape index (κ1) is 20.7. The van der Waals surface area contributed by atoms with Gasteiger partial charge in [0.1, 0.15) is 0 Å². The molecule has 1 aromatic carbocycles. The van der Waals surface area contributed by atoms with Gasteiger partial charge in [-0.1, -0.05) is 17.7 Å². The van der Waals surface area contributed by atoms with Gasteiger partial charge < -0.3 is 14.5 Å². The van der Waals surface area contributed by atoms with E-state index in [1.54, 1.807) is 0 Å². The molecule has 29 heavy (non-hydrogen) atoms. The number of amides is 2. The molecule has 3 aliphatic rings. The van der Waals surface area contributed by atoms with Crippen molar-refractivity contribution in [2.24, 2.45) is 5.92 Å². The first-order valence-corrected chi connectivity index (χ1v) is 12.1. The van der Waals surface area contributed by atoms with Crippen molar-refractivity contribution in [3.05, 3.63) is 35.4 Å². The Kier molecular flexibility index (Phi) is 6.81. The van der Waals surface area contributed by atoms with Gasteiger partial charge in [-0.3, -0.25) is 9.59 Å². The molecule has 3 unspecified atom stereocenters. The van der Waals surface area contributed by atoms with Gasteiger partial charge in [0.05, 0.1) is 12.0 Å². The van der Waals surface area contributed by atoms with Crippen LogP contribution in [0.15, 0.2) is 24.3 Å². The van der Waals surface area contributed by atoms with E-state index in [4.69, 9.17) is 4.74 Å². The van der Waals surface area contributed by atoms with Gasteiger partial charge in [-0.25, -0.2) is 0 Å². The van der Waals surface area contributed by atoms with Crippen LogP contribution in [0.2, 0.25) is 0 Å². The Labute approximate surface area is 178 Å². The predicted octanol–water partition coefficient (Wildman–Crippen LogP) is 3.36. The second-order valence-electron chi connectivity index (χ2n) is 8.60. The fraction of sp³-hybridized carbons (Fsp3) is 0.652. The van der Waals surface area contributed by atoms with Crippen LogP contribution in [0, 0.1) is 12.8 Å². The third-order valence-electron chi connectivity index (χ3n) is 6.41. The summed E-state index contributed by atoms with van der Waals surface area (Å²) in [5.41, 5.74) is 1.86. The summed E-state index contributed by atoms with van der Waals surface area (Å²) in [6.45, 7) is 4.82. The van der Waals surface area contributed by atoms with Crippen molar-refractivity contribution in [2.75, 3.05) is 37.7 Å². The minimum atomic E-state index is -0.0925. The van der Waals surface area contributed by atoms with Crippen LogP contribution in [0.5, 0.6) is 0 Å². The summed E-state index contributed by atoms with van der Waals surface area (Å²) >= 11 is 1.94. The van der Waals surface area contributed by atoms with Crippen LogP contribution in [0.3, 0.4) is 0 Å². The maximum atomic E-state index is 13.5. The highest BCUT2D eigenvalue weighted by Gasteiger charge is 2.36. The normalized spacial score (nSPS) is 27.2. The molecule has 4 rings (SSSR count). The monoisotopic (exact) mass is 416 g/mol. The highest BCUT2D eigenvalue weighted by atomic mass is 32.2. The fourth-order valence-corrected chi connectivity index (χ4v) is 5.90. The van der Waals surface area contributed by atoms with Crippen molar-refractivity contribution >= 4 is 23.6 Å². The number of carbonyl (C=O) groups is 2. The molecule has 0 bridgehead atoms. The second-order valence-corrected chi connectivity index (χ2v) is 9.75. The molecule has 3 saturated heterocycles. The highest BCUT2D eigenvalue weighted by Crippen LogP contribution is 2.28. The molecule has 158 valence electrons. The number of aryl methyl sites for hydroxylation is 1. The molecule has 0 saturated carbocycles. The molecule has 3 fully saturated rings. The molecule has 0 aliphatic carbocycles. The van der Waals surface area contributed by atoms with E-state index in [9.17, 15) is 9.59 Å². The molecule has 0 aromatic heterocycles. The van der Waals surface area contributed by atoms with E-state index in [0.29, 0.717) is 24.7 Å². The lowest BCUT2D eigenvalue weighted by Crippen LogP contribution is -2.51. The topological polar surface area (TPSA) is 49.9 Å². The minimum absolute atomic E-state index is 0.0459. The summed E-state index contributed by atoms with van der Waals surface area (Å²) in [4.78, 5) is 30.5. The summed E-state index contributed by atoms with van der Waals surface area (Å²) in [5.74, 6) is 2.34. The third kappa shape index (κ3) is 4.97. The van der Waals surface area contributed by atoms with Crippen LogP contribution >= 0.6 is 11.8 Å². The lowest BCUT2D eigenvalue weighted by molar-refractivity contribution is -0.140. The maximum absolute atomic E-state index is 13.5. The van der Waals surface area contributed by atoms with Crippen LogP contribution in [0.1, 0.15) is 48.0 Å². The van der Waals surface area contributed by atoms with Crippen molar-refractivity contribution in [3.63, 3.8) is 0 Å². The number of hydrogen-bond acceptors (Lipinski definition) is 4. The number of nitrogens with zero attached hydrogens (tertiary/aromatic N) is 2. The first-order chi connectivity index (χ1) is 14.1. The third-order valence-corrected chi connectivity index (χ3v) is 7.56. The van der Waals surface area contributed by atoms with Gasteiger partial charge in [0.15, 0.2) is 0 Å². The Morgan fingerprint density at radius 1 is 1.17 bits per heavy atom. The lowest BCUT2D eigenvalue weighted by atomic mass is 9.94. The predicted molar refractivity (Wildman–Crippen MR) is 116 cm³/mol. The quantitative estimate of drug-likeness (QED) is 0.739. The molecule has 3 aliphatic heterocycles. The van der Waals surface area contributed by atoms with E-state index in [2.05, 4.69) is 4.90 Å². The van der Waals surface area contributed by atoms with Crippen molar-refractivity contribution in [3.8, 4) is 0 Å². The van der Waals surface area contributed by atoms with Gasteiger partial charge in [0, 0.05) is 43.6 Å². The van der Waals surface area contributed by atoms with E-state index in [1.807, 2.05) is 47.9 Å². The second kappa shape index (κ2) is 9.52. The number of rotatable bonds is 5. The number of piperidine rings is 1. The SMILES string of the molecule is Cc1ccc(C(=O)N2CCCC(C(=O)N(CC3CCCO3)C3CCSC3)C2)cc1. The number of carbonyl (C=O) groups excluding carboxylic acids is 2. The molecule has 5 nitrogen and oxygen atoms in total. The molecular weight excluding hydrogens is 384 g/mol. The van der Waals surface area contributed by atoms with E-state index in [0.717, 1.165) is 62.3 Å². The van der Waals surface area contributed by atoms with E-state index >= 15 is 0 Å². The summed E-state index contributed by atoms with van der Waals surface area (Å²) in [6, 6.07) is 8.05. The summed E-state index contributed by atoms with van der Waals surface area (Å²) in [7, 11) is 0. The minimum Gasteiger partial charge on any atom is -0.376 e. The van der Waals surface area contributed by atoms with Crippen LogP contribution < -0.4 is 0 Å². The smallest absolute Gasteiger partial charge is 0.253 e. The molecule has 1 aromatic rings. The Bertz CT molecular complexity index is 711. The molecule has 0 radical (unpaired) electrons. The lowest BCUT2D eigenvalue weighted by Gasteiger charge is -2.38. The molecule has 6 heteroatoms. The summed E-state index contributed by atoms with van der Waals surface area (Å²) < 4.78 is 5.84. The number of likely N-dealkylation sites (tertiary alicyclic amines) is 1. The number of ether oxygens (including phenoxy) is 1. The van der Waals surface area contributed by atoms with Crippen LogP contribution in [-0.2, 0) is 9.53 Å². The Morgan fingerprint density at radius 2 is 2.00 bits per heavy atom. The van der Waals surface area contributed by atoms with Crippen LogP contribution in [-0.4, -0.2) is 71.5 Å². The van der Waals surface area contributed by atoms with Crippen molar-refractivity contribution in [2.45, 2.75) is 51.2 Å². The average molecular weight is 417 g/mol. The number of benzene rings is 1. The first-order valence-electron chi connectivity index (χ1n) is 11.0. The van der Waals surface area contributed by atoms with Crippen molar-refractivity contribution in [1.29, 1.82) is 0 Å². The van der Waals surface area contributed by atoms with Crippen LogP contribution in [0.25, 0.3) is 0 Å².